The van der Waals surface area contributed by atoms with E-state index in [1.54, 1.807) is 13.3 Å². The van der Waals surface area contributed by atoms with Crippen LogP contribution in [0.1, 0.15) is 30.9 Å². The second kappa shape index (κ2) is 4.59. The first-order valence-corrected chi connectivity index (χ1v) is 5.31. The number of nitrogens with zero attached hydrogens (tertiary/aromatic N) is 2. The van der Waals surface area contributed by atoms with E-state index in [0.717, 1.165) is 24.3 Å². The standard InChI is InChI=1S/C11H17N3O/c1-15-10-6-9(7-13-8-10)11-4-2-3-5-14(11)12/h6-8,11H,2-5,12H2,1H3/t11-/m1/s1. The summed E-state index contributed by atoms with van der Waals surface area (Å²) in [6.45, 7) is 0.960. The average molecular weight is 207 g/mol. The molecule has 2 heterocycles. The summed E-state index contributed by atoms with van der Waals surface area (Å²) >= 11 is 0. The molecule has 0 bridgehead atoms. The average Bonchev–Trinajstić information content (AvgIpc) is 2.30. The van der Waals surface area contributed by atoms with Gasteiger partial charge in [-0.15, -0.1) is 0 Å². The number of hydrogen-bond acceptors (Lipinski definition) is 4. The third-order valence-corrected chi connectivity index (χ3v) is 2.90. The van der Waals surface area contributed by atoms with E-state index in [1.807, 2.05) is 17.3 Å². The molecule has 1 aliphatic heterocycles. The van der Waals surface area contributed by atoms with E-state index in [0.29, 0.717) is 6.04 Å². The Labute approximate surface area is 90.0 Å². The molecular weight excluding hydrogens is 190 g/mol. The summed E-state index contributed by atoms with van der Waals surface area (Å²) in [6, 6.07) is 2.31. The maximum absolute atomic E-state index is 5.97. The van der Waals surface area contributed by atoms with Crippen LogP contribution in [0.25, 0.3) is 0 Å². The van der Waals surface area contributed by atoms with Crippen molar-refractivity contribution in [2.75, 3.05) is 13.7 Å². The molecule has 0 unspecified atom stereocenters. The van der Waals surface area contributed by atoms with E-state index in [-0.39, 0.29) is 0 Å². The molecule has 4 heteroatoms. The van der Waals surface area contributed by atoms with Crippen molar-refractivity contribution in [1.82, 2.24) is 9.99 Å². The lowest BCUT2D eigenvalue weighted by atomic mass is 9.98. The monoisotopic (exact) mass is 207 g/mol. The van der Waals surface area contributed by atoms with E-state index >= 15 is 0 Å². The van der Waals surface area contributed by atoms with Crippen molar-refractivity contribution in [3.63, 3.8) is 0 Å². The SMILES string of the molecule is COc1cncc([C@H]2CCCCN2N)c1. The third kappa shape index (κ3) is 2.27. The minimum Gasteiger partial charge on any atom is -0.495 e. The lowest BCUT2D eigenvalue weighted by Crippen LogP contribution is -2.38. The van der Waals surface area contributed by atoms with E-state index in [2.05, 4.69) is 4.98 Å². The molecule has 82 valence electrons. The Bertz CT molecular complexity index is 329. The van der Waals surface area contributed by atoms with Crippen molar-refractivity contribution < 1.29 is 4.74 Å². The van der Waals surface area contributed by atoms with Gasteiger partial charge in [-0.05, 0) is 24.5 Å². The first-order valence-electron chi connectivity index (χ1n) is 5.31. The summed E-state index contributed by atoms with van der Waals surface area (Å²) in [6.07, 6.45) is 7.11. The maximum atomic E-state index is 5.97. The molecule has 0 spiro atoms. The quantitative estimate of drug-likeness (QED) is 0.746. The van der Waals surface area contributed by atoms with Crippen molar-refractivity contribution in [3.8, 4) is 5.75 Å². The van der Waals surface area contributed by atoms with Gasteiger partial charge in [0.05, 0.1) is 19.3 Å². The second-order valence-electron chi connectivity index (χ2n) is 3.91. The molecule has 1 aromatic rings. The van der Waals surface area contributed by atoms with Crippen LogP contribution in [0.3, 0.4) is 0 Å². The van der Waals surface area contributed by atoms with Gasteiger partial charge < -0.3 is 4.74 Å². The molecule has 0 aliphatic carbocycles. The number of methoxy groups -OCH3 is 1. The fourth-order valence-electron chi connectivity index (χ4n) is 2.04. The molecule has 0 aromatic carbocycles. The van der Waals surface area contributed by atoms with Crippen molar-refractivity contribution in [3.05, 3.63) is 24.0 Å². The summed E-state index contributed by atoms with van der Waals surface area (Å²) in [4.78, 5) is 4.16. The molecule has 0 amide bonds. The molecule has 4 nitrogen and oxygen atoms in total. The number of piperidine rings is 1. The number of aromatic nitrogens is 1. The Hall–Kier alpha value is -1.13. The van der Waals surface area contributed by atoms with E-state index < -0.39 is 0 Å². The van der Waals surface area contributed by atoms with Crippen molar-refractivity contribution >= 4 is 0 Å². The lowest BCUT2D eigenvalue weighted by Gasteiger charge is -2.31. The molecule has 0 saturated carbocycles. The molecule has 2 rings (SSSR count). The minimum atomic E-state index is 0.293. The predicted molar refractivity (Wildman–Crippen MR) is 58.3 cm³/mol. The van der Waals surface area contributed by atoms with Crippen LogP contribution in [0.15, 0.2) is 18.5 Å². The third-order valence-electron chi connectivity index (χ3n) is 2.90. The summed E-state index contributed by atoms with van der Waals surface area (Å²) < 4.78 is 5.16. The van der Waals surface area contributed by atoms with Crippen LogP contribution in [0.2, 0.25) is 0 Å². The van der Waals surface area contributed by atoms with Gasteiger partial charge in [0.25, 0.3) is 0 Å². The van der Waals surface area contributed by atoms with Crippen LogP contribution in [0.5, 0.6) is 5.75 Å². The normalized spacial score (nSPS) is 22.7. The van der Waals surface area contributed by atoms with Gasteiger partial charge in [-0.25, -0.2) is 5.01 Å². The predicted octanol–water partition coefficient (Wildman–Crippen LogP) is 1.49. The van der Waals surface area contributed by atoms with Crippen LogP contribution in [0.4, 0.5) is 0 Å². The zero-order valence-electron chi connectivity index (χ0n) is 9.02. The number of nitrogens with two attached hydrogens (primary N) is 1. The topological polar surface area (TPSA) is 51.4 Å². The summed E-state index contributed by atoms with van der Waals surface area (Å²) in [5.41, 5.74) is 1.15. The molecule has 15 heavy (non-hydrogen) atoms. The van der Waals surface area contributed by atoms with E-state index in [9.17, 15) is 0 Å². The largest absolute Gasteiger partial charge is 0.495 e. The Balaban J connectivity index is 2.19. The van der Waals surface area contributed by atoms with Gasteiger partial charge in [0.2, 0.25) is 0 Å². The van der Waals surface area contributed by atoms with Gasteiger partial charge in [-0.3, -0.25) is 10.8 Å². The smallest absolute Gasteiger partial charge is 0.137 e. The summed E-state index contributed by atoms with van der Waals surface area (Å²) in [5, 5.41) is 1.90. The molecule has 1 fully saturated rings. The number of rotatable bonds is 2. The number of pyridine rings is 1. The first kappa shape index (κ1) is 10.4. The van der Waals surface area contributed by atoms with Crippen molar-refractivity contribution in [2.24, 2.45) is 5.84 Å². The number of hydrogen-bond donors (Lipinski definition) is 1. The van der Waals surface area contributed by atoms with Gasteiger partial charge in [-0.2, -0.15) is 0 Å². The van der Waals surface area contributed by atoms with Gasteiger partial charge in [0.1, 0.15) is 5.75 Å². The molecule has 1 atom stereocenters. The highest BCUT2D eigenvalue weighted by molar-refractivity contribution is 5.26. The van der Waals surface area contributed by atoms with Crippen LogP contribution in [0, 0.1) is 0 Å². The zero-order chi connectivity index (χ0) is 10.7. The van der Waals surface area contributed by atoms with Crippen molar-refractivity contribution in [1.29, 1.82) is 0 Å². The molecule has 2 N–H and O–H groups in total. The minimum absolute atomic E-state index is 0.293. The molecule has 1 saturated heterocycles. The van der Waals surface area contributed by atoms with Crippen LogP contribution in [-0.4, -0.2) is 23.6 Å². The molecular formula is C11H17N3O. The highest BCUT2D eigenvalue weighted by Gasteiger charge is 2.21. The lowest BCUT2D eigenvalue weighted by molar-refractivity contribution is 0.151. The zero-order valence-corrected chi connectivity index (χ0v) is 9.02. The van der Waals surface area contributed by atoms with E-state index in [1.165, 1.54) is 12.8 Å². The highest BCUT2D eigenvalue weighted by Crippen LogP contribution is 2.29. The van der Waals surface area contributed by atoms with E-state index in [4.69, 9.17) is 10.6 Å². The Morgan fingerprint density at radius 1 is 1.47 bits per heavy atom. The van der Waals surface area contributed by atoms with Crippen LogP contribution in [-0.2, 0) is 0 Å². The molecule has 1 aromatic heterocycles. The summed E-state index contributed by atoms with van der Waals surface area (Å²) in [5.74, 6) is 6.76. The van der Waals surface area contributed by atoms with Gasteiger partial charge in [-0.1, -0.05) is 6.42 Å². The number of hydrazine groups is 1. The number of ether oxygens (including phenoxy) is 1. The Kier molecular flexibility index (Phi) is 3.18. The van der Waals surface area contributed by atoms with Gasteiger partial charge in [0, 0.05) is 12.7 Å². The first-order chi connectivity index (χ1) is 7.31. The van der Waals surface area contributed by atoms with Crippen molar-refractivity contribution in [2.45, 2.75) is 25.3 Å². The maximum Gasteiger partial charge on any atom is 0.137 e. The Morgan fingerprint density at radius 3 is 3.07 bits per heavy atom. The molecule has 1 aliphatic rings. The Morgan fingerprint density at radius 2 is 2.33 bits per heavy atom. The van der Waals surface area contributed by atoms with Crippen LogP contribution < -0.4 is 10.6 Å². The van der Waals surface area contributed by atoms with Gasteiger partial charge >= 0.3 is 0 Å². The molecule has 0 radical (unpaired) electrons. The fraction of sp³-hybridized carbons (Fsp3) is 0.545. The van der Waals surface area contributed by atoms with Gasteiger partial charge in [0.15, 0.2) is 0 Å². The fourth-order valence-corrected chi connectivity index (χ4v) is 2.04. The highest BCUT2D eigenvalue weighted by atomic mass is 16.5. The van der Waals surface area contributed by atoms with Crippen LogP contribution >= 0.6 is 0 Å². The summed E-state index contributed by atoms with van der Waals surface area (Å²) in [7, 11) is 1.65. The second-order valence-corrected chi connectivity index (χ2v) is 3.91.